The molecule has 1 aromatic carbocycles. The standard InChI is InChI=1S/C28H29ClN6O6/c1-28(2)15-33(16-28)22(36)13-35-24-18(9-20(12-30-24)34-8-7-32(27(34)41)14-23(37)38)10-21(26(35)40)25(39)31-11-17-3-5-19(29)6-4-17/h3-6,9-10,12H,7-8,11,13-16H2,1-2H3,(H,31,39)(H,37,38). The molecule has 2 fully saturated rings. The molecule has 0 bridgehead atoms. The molecule has 0 unspecified atom stereocenters. The Morgan fingerprint density at radius 2 is 1.76 bits per heavy atom. The van der Waals surface area contributed by atoms with Crippen LogP contribution in [0.2, 0.25) is 5.02 Å². The van der Waals surface area contributed by atoms with Gasteiger partial charge in [-0.05, 0) is 35.2 Å². The Balaban J connectivity index is 1.49. The first-order chi connectivity index (χ1) is 19.4. The van der Waals surface area contributed by atoms with Gasteiger partial charge >= 0.3 is 12.0 Å². The Bertz CT molecular complexity index is 1610. The highest BCUT2D eigenvalue weighted by molar-refractivity contribution is 6.30. The normalized spacial score (nSPS) is 16.2. The highest BCUT2D eigenvalue weighted by Crippen LogP contribution is 2.29. The zero-order valence-corrected chi connectivity index (χ0v) is 23.3. The monoisotopic (exact) mass is 580 g/mol. The quantitative estimate of drug-likeness (QED) is 0.415. The molecule has 2 saturated heterocycles. The molecule has 41 heavy (non-hydrogen) atoms. The van der Waals surface area contributed by atoms with E-state index in [0.29, 0.717) is 29.2 Å². The summed E-state index contributed by atoms with van der Waals surface area (Å²) in [6, 6.07) is 9.41. The second-order valence-corrected chi connectivity index (χ2v) is 11.5. The van der Waals surface area contributed by atoms with Crippen molar-refractivity contribution in [1.29, 1.82) is 0 Å². The van der Waals surface area contributed by atoms with Crippen molar-refractivity contribution >= 4 is 52.1 Å². The molecule has 2 N–H and O–H groups in total. The lowest BCUT2D eigenvalue weighted by Gasteiger charge is -2.45. The number of urea groups is 1. The van der Waals surface area contributed by atoms with Crippen LogP contribution in [-0.4, -0.2) is 81.0 Å². The highest BCUT2D eigenvalue weighted by Gasteiger charge is 2.37. The summed E-state index contributed by atoms with van der Waals surface area (Å²) >= 11 is 5.94. The molecule has 2 aromatic heterocycles. The average Bonchev–Trinajstić information content (AvgIpc) is 3.26. The third-order valence-corrected chi connectivity index (χ3v) is 7.39. The Hall–Kier alpha value is -4.45. The van der Waals surface area contributed by atoms with E-state index in [1.54, 1.807) is 35.2 Å². The summed E-state index contributed by atoms with van der Waals surface area (Å²) in [5, 5.41) is 12.8. The molecule has 13 heteroatoms. The van der Waals surface area contributed by atoms with Crippen LogP contribution in [0.3, 0.4) is 0 Å². The number of halogens is 1. The first-order valence-corrected chi connectivity index (χ1v) is 13.4. The van der Waals surface area contributed by atoms with E-state index in [4.69, 9.17) is 16.7 Å². The minimum absolute atomic E-state index is 0.00394. The van der Waals surface area contributed by atoms with Crippen molar-refractivity contribution in [2.75, 3.05) is 37.6 Å². The van der Waals surface area contributed by atoms with Gasteiger partial charge in [-0.25, -0.2) is 9.78 Å². The van der Waals surface area contributed by atoms with Crippen LogP contribution in [0.4, 0.5) is 10.5 Å². The molecule has 2 aliphatic heterocycles. The van der Waals surface area contributed by atoms with Gasteiger partial charge in [0, 0.05) is 43.1 Å². The largest absolute Gasteiger partial charge is 0.480 e. The van der Waals surface area contributed by atoms with E-state index < -0.39 is 30.0 Å². The van der Waals surface area contributed by atoms with Crippen molar-refractivity contribution in [2.24, 2.45) is 5.41 Å². The molecule has 3 aromatic rings. The first-order valence-electron chi connectivity index (χ1n) is 13.0. The number of carboxylic acid groups (broad SMARTS) is 1. The predicted octanol–water partition coefficient (Wildman–Crippen LogP) is 2.17. The van der Waals surface area contributed by atoms with Gasteiger partial charge in [0.15, 0.2) is 0 Å². The number of anilines is 1. The number of hydrogen-bond acceptors (Lipinski definition) is 6. The van der Waals surface area contributed by atoms with Crippen molar-refractivity contribution in [3.05, 3.63) is 69.1 Å². The molecule has 4 amide bonds. The van der Waals surface area contributed by atoms with Gasteiger partial charge in [-0.2, -0.15) is 0 Å². The zero-order valence-electron chi connectivity index (χ0n) is 22.6. The van der Waals surface area contributed by atoms with Crippen LogP contribution in [0.5, 0.6) is 0 Å². The van der Waals surface area contributed by atoms with Gasteiger partial charge < -0.3 is 20.2 Å². The fraction of sp³-hybridized carbons (Fsp3) is 0.357. The maximum Gasteiger partial charge on any atom is 0.325 e. The maximum atomic E-state index is 13.6. The van der Waals surface area contributed by atoms with Crippen LogP contribution in [0.25, 0.3) is 11.0 Å². The molecular weight excluding hydrogens is 552 g/mol. The number of carbonyl (C=O) groups is 4. The lowest BCUT2D eigenvalue weighted by molar-refractivity contribution is -0.142. The Morgan fingerprint density at radius 3 is 2.41 bits per heavy atom. The summed E-state index contributed by atoms with van der Waals surface area (Å²) in [4.78, 5) is 72.4. The Labute approximate surface area is 240 Å². The number of aromatic nitrogens is 2. The fourth-order valence-corrected chi connectivity index (χ4v) is 5.25. The lowest BCUT2D eigenvalue weighted by atomic mass is 9.84. The molecule has 0 aliphatic carbocycles. The molecule has 2 aliphatic rings. The number of amides is 4. The highest BCUT2D eigenvalue weighted by atomic mass is 35.5. The van der Waals surface area contributed by atoms with E-state index in [-0.39, 0.29) is 48.7 Å². The van der Waals surface area contributed by atoms with Gasteiger partial charge in [0.1, 0.15) is 24.3 Å². The number of aliphatic carboxylic acids is 1. The summed E-state index contributed by atoms with van der Waals surface area (Å²) < 4.78 is 1.19. The summed E-state index contributed by atoms with van der Waals surface area (Å²) in [5.74, 6) is -2.02. The van der Waals surface area contributed by atoms with Crippen molar-refractivity contribution < 1.29 is 24.3 Å². The Morgan fingerprint density at radius 1 is 1.05 bits per heavy atom. The number of pyridine rings is 2. The third kappa shape index (κ3) is 5.87. The number of likely N-dealkylation sites (tertiary alicyclic amines) is 1. The number of benzene rings is 1. The van der Waals surface area contributed by atoms with Crippen LogP contribution in [-0.2, 0) is 22.7 Å². The number of carbonyl (C=O) groups excluding carboxylic acids is 3. The van der Waals surface area contributed by atoms with E-state index in [9.17, 15) is 24.0 Å². The van der Waals surface area contributed by atoms with Crippen LogP contribution >= 0.6 is 11.6 Å². The SMILES string of the molecule is CC1(C)CN(C(=O)Cn2c(=O)c(C(=O)NCc3ccc(Cl)cc3)cc3cc(N4CCN(CC(=O)O)C4=O)cnc32)C1. The van der Waals surface area contributed by atoms with E-state index >= 15 is 0 Å². The van der Waals surface area contributed by atoms with E-state index in [1.807, 2.05) is 13.8 Å². The molecule has 0 atom stereocenters. The molecule has 0 spiro atoms. The summed E-state index contributed by atoms with van der Waals surface area (Å²) in [6.45, 7) is 5.10. The second kappa shape index (κ2) is 10.8. The number of hydrogen-bond donors (Lipinski definition) is 2. The van der Waals surface area contributed by atoms with Gasteiger partial charge in [-0.3, -0.25) is 28.6 Å². The molecular formula is C28H29ClN6O6. The summed E-state index contributed by atoms with van der Waals surface area (Å²) in [6.07, 6.45) is 1.40. The number of nitrogens with zero attached hydrogens (tertiary/aromatic N) is 5. The molecule has 214 valence electrons. The van der Waals surface area contributed by atoms with Crippen LogP contribution in [0, 0.1) is 5.41 Å². The van der Waals surface area contributed by atoms with Crippen LogP contribution < -0.4 is 15.8 Å². The van der Waals surface area contributed by atoms with Crippen molar-refractivity contribution in [3.8, 4) is 0 Å². The van der Waals surface area contributed by atoms with Gasteiger partial charge in [0.2, 0.25) is 5.91 Å². The maximum absolute atomic E-state index is 13.6. The topological polar surface area (TPSA) is 145 Å². The smallest absolute Gasteiger partial charge is 0.325 e. The van der Waals surface area contributed by atoms with Gasteiger partial charge in [-0.1, -0.05) is 37.6 Å². The lowest BCUT2D eigenvalue weighted by Crippen LogP contribution is -2.56. The van der Waals surface area contributed by atoms with Crippen molar-refractivity contribution in [3.63, 3.8) is 0 Å². The van der Waals surface area contributed by atoms with Crippen LogP contribution in [0.1, 0.15) is 29.8 Å². The van der Waals surface area contributed by atoms with E-state index in [0.717, 1.165) is 5.56 Å². The third-order valence-electron chi connectivity index (χ3n) is 7.14. The number of fused-ring (bicyclic) bond motifs is 1. The molecule has 12 nitrogen and oxygen atoms in total. The molecule has 5 rings (SSSR count). The summed E-state index contributed by atoms with van der Waals surface area (Å²) in [5.41, 5.74) is 0.503. The van der Waals surface area contributed by atoms with Gasteiger partial charge in [0.05, 0.1) is 11.9 Å². The fourth-order valence-electron chi connectivity index (χ4n) is 5.12. The zero-order chi connectivity index (χ0) is 29.5. The van der Waals surface area contributed by atoms with Crippen molar-refractivity contribution in [2.45, 2.75) is 26.9 Å². The van der Waals surface area contributed by atoms with E-state index in [1.165, 1.54) is 26.6 Å². The first kappa shape index (κ1) is 28.1. The summed E-state index contributed by atoms with van der Waals surface area (Å²) in [7, 11) is 0. The van der Waals surface area contributed by atoms with Crippen molar-refractivity contribution in [1.82, 2.24) is 24.7 Å². The van der Waals surface area contributed by atoms with Gasteiger partial charge in [0.25, 0.3) is 11.5 Å². The number of nitrogens with one attached hydrogen (secondary N) is 1. The molecule has 0 saturated carbocycles. The number of carboxylic acids is 1. The number of rotatable bonds is 8. The average molecular weight is 581 g/mol. The van der Waals surface area contributed by atoms with E-state index in [2.05, 4.69) is 10.3 Å². The minimum atomic E-state index is -1.12. The minimum Gasteiger partial charge on any atom is -0.480 e. The Kier molecular flexibility index (Phi) is 7.43. The van der Waals surface area contributed by atoms with Gasteiger partial charge in [-0.15, -0.1) is 0 Å². The predicted molar refractivity (Wildman–Crippen MR) is 151 cm³/mol. The van der Waals surface area contributed by atoms with Crippen LogP contribution in [0.15, 0.2) is 47.4 Å². The molecule has 4 heterocycles. The second-order valence-electron chi connectivity index (χ2n) is 11.0. The molecule has 0 radical (unpaired) electrons.